The van der Waals surface area contributed by atoms with E-state index in [0.29, 0.717) is 23.1 Å². The van der Waals surface area contributed by atoms with E-state index in [2.05, 4.69) is 79.4 Å². The molecular formula is C99H126N20O24S2. The van der Waals surface area contributed by atoms with Crippen LogP contribution in [0.5, 0.6) is 0 Å². The number of carboxylic acids is 3. The number of aromatic carboxylic acids is 1. The van der Waals surface area contributed by atoms with Crippen LogP contribution in [0.15, 0.2) is 132 Å². The smallest absolute Gasteiger partial charge is 0.409 e. The van der Waals surface area contributed by atoms with Gasteiger partial charge < -0.3 is 110 Å². The summed E-state index contributed by atoms with van der Waals surface area (Å²) in [6, 6.07) is 5.40. The van der Waals surface area contributed by atoms with E-state index in [4.69, 9.17) is 16.2 Å². The number of cyclic esters (lactones) is 1. The summed E-state index contributed by atoms with van der Waals surface area (Å²) in [5, 5.41) is 80.3. The fourth-order valence-corrected chi connectivity index (χ4v) is 20.0. The van der Waals surface area contributed by atoms with Crippen molar-refractivity contribution < 1.29 is 116 Å². The number of aryl methyl sites for hydroxylation is 1. The number of allylic oxidation sites excluding steroid dienone is 3. The Hall–Kier alpha value is -14.9. The van der Waals surface area contributed by atoms with E-state index in [0.717, 1.165) is 15.0 Å². The van der Waals surface area contributed by atoms with Crippen LogP contribution in [0.1, 0.15) is 194 Å². The molecular weight excluding hydrogens is 1920 g/mol. The molecule has 778 valence electrons. The molecule has 0 saturated carbocycles. The highest BCUT2D eigenvalue weighted by Crippen LogP contribution is 2.36. The van der Waals surface area contributed by atoms with Crippen LogP contribution in [0, 0.1) is 5.41 Å². The SMILES string of the molecule is CC(=O)N1CCC[C@]12C/C=C\CCC[C@]1(CCC/C=C\CCCOC(=O)N3CC[C@@](C(=O)N[C@@H](Cc4ccsc4)C(=O)N[C@@H](Cc4csc5ccccc45)C(=O)N[C@@H](CCC(N)=O)C(N)=O)(C3)NC(=O)[C@@H]3Cc4cn(nn4)CCCC[C@H](NC(=O)CNC(=O)[C@H](Cc4cccc(C(=O)O)c4)NC(=O)[C@H](CC(=O)O)NC1=O)C(=O)N[C@@H](Cc1ccccc1)C(=O)N3)NC(=O)[C@H](CC(C)(C)C)NC(=O)[C@H](CC(=O)O)NC2=O. The van der Waals surface area contributed by atoms with Crippen LogP contribution in [0.25, 0.3) is 10.1 Å². The van der Waals surface area contributed by atoms with Gasteiger partial charge in [0.2, 0.25) is 94.5 Å². The summed E-state index contributed by atoms with van der Waals surface area (Å²) < 4.78 is 8.14. The number of rotatable bonds is 24. The number of carbonyl (C=O) groups excluding carboxylic acids is 17. The summed E-state index contributed by atoms with van der Waals surface area (Å²) in [5.41, 5.74) is 5.81. The summed E-state index contributed by atoms with van der Waals surface area (Å²) in [4.78, 5) is 293. The predicted octanol–water partition coefficient (Wildman–Crippen LogP) is 1.63. The molecule has 3 aromatic carbocycles. The minimum Gasteiger partial charge on any atom is -0.481 e. The van der Waals surface area contributed by atoms with Gasteiger partial charge in [0.25, 0.3) is 0 Å². The van der Waals surface area contributed by atoms with Gasteiger partial charge in [-0.05, 0) is 183 Å². The number of fused-ring (bicyclic) bond motifs is 11. The van der Waals surface area contributed by atoms with Crippen molar-refractivity contribution in [3.63, 3.8) is 0 Å². The molecule has 13 atom stereocenters. The van der Waals surface area contributed by atoms with Gasteiger partial charge in [0.1, 0.15) is 77.0 Å². The first-order valence-corrected chi connectivity index (χ1v) is 50.1. The second-order valence-corrected chi connectivity index (χ2v) is 40.0. The van der Waals surface area contributed by atoms with Gasteiger partial charge in [-0.15, -0.1) is 16.4 Å². The van der Waals surface area contributed by atoms with Crippen LogP contribution in [0.3, 0.4) is 0 Å². The summed E-state index contributed by atoms with van der Waals surface area (Å²) in [7, 11) is 0. The third-order valence-corrected chi connectivity index (χ3v) is 27.7. The standard InChI is InChI=1S/C99H126N20O24S2/c1-58(120)119-40-23-37-99(119)36-19-9-8-18-35-97(113-90(136)75(52-96(2,3)4)109-88(134)74(51-80(125)126)112-94(99)141)34-17-7-5-6-10-21-42-143-95(142)117-41-38-98(57-117,93(140)110-70(47-61-33-43-144-55-61)85(131)107-71(48-63-56-145-76-30-15-14-28-65(63)76)86(132)104-66(81(101)127)31-32-77(100)121)114-89(135)72-49-64-54-118(116-115-64)39-20-16-29-67(83(129)106-69(84(130)108-72)45-59-24-12-11-13-25-59)103-78(122)53-102-82(128)68(46-60-26-22-27-62(44-60)91(137)138)105-87(133)73(50-79(123)124)111-92(97)139/h5-6,9,11-15,19,22,24-28,30,33,43-44,54-56,66-75H,7-8,10,16-18,20-21,23,29,31-32,34-42,45-53,57H2,1-4H3,(H2,100,121)(H2,101,127)(H,102,128)(H,103,122)(H,104,132)(H,105,133)(H,106,129)(H,107,131)(H,108,130)(H,109,134)(H,110,140)(H,111,139)(H,112,141)(H,113,136)(H,114,135)(H,123,124)(H,125,126)(H,137,138)/b6-5-,19-9-/t66-,67-,68-,69-,70-,71-,72-,73-,74-,75-,97-,98-,99-/m0/s1. The lowest BCUT2D eigenvalue weighted by atomic mass is 9.83. The van der Waals surface area contributed by atoms with E-state index in [1.165, 1.54) is 69.6 Å². The molecule has 11 rings (SSSR count). The molecule has 145 heavy (non-hydrogen) atoms. The predicted molar refractivity (Wildman–Crippen MR) is 525 cm³/mol. The second-order valence-electron chi connectivity index (χ2n) is 38.3. The molecule has 6 aromatic rings. The highest BCUT2D eigenvalue weighted by Gasteiger charge is 2.53. The van der Waals surface area contributed by atoms with Crippen molar-refractivity contribution in [1.82, 2.24) is 93.9 Å². The van der Waals surface area contributed by atoms with Gasteiger partial charge in [-0.1, -0.05) is 111 Å². The molecule has 2 fully saturated rings. The van der Waals surface area contributed by atoms with E-state index >= 15 is 38.4 Å². The molecule has 20 N–H and O–H groups in total. The molecule has 17 amide bonds. The maximum Gasteiger partial charge on any atom is 0.409 e. The number of carboxylic acid groups (broad SMARTS) is 3. The number of nitrogens with zero attached hydrogens (tertiary/aromatic N) is 5. The van der Waals surface area contributed by atoms with E-state index in [1.54, 1.807) is 104 Å². The molecule has 6 bridgehead atoms. The number of aliphatic carboxylic acids is 2. The van der Waals surface area contributed by atoms with Crippen LogP contribution >= 0.6 is 22.7 Å². The molecule has 2 saturated heterocycles. The van der Waals surface area contributed by atoms with E-state index < -0.39 is 246 Å². The molecule has 0 unspecified atom stereocenters. The zero-order valence-corrected chi connectivity index (χ0v) is 82.7. The molecule has 8 heterocycles. The minimum absolute atomic E-state index is 0.00206. The fourth-order valence-electron chi connectivity index (χ4n) is 18.4. The maximum atomic E-state index is 16.1. The Bertz CT molecular complexity index is 5830. The lowest BCUT2D eigenvalue weighted by molar-refractivity contribution is -0.146. The average Bonchev–Trinajstić information content (AvgIpc) is 1.65. The third-order valence-electron chi connectivity index (χ3n) is 25.9. The number of thiophene rings is 2. The van der Waals surface area contributed by atoms with Gasteiger partial charge >= 0.3 is 24.0 Å². The van der Waals surface area contributed by atoms with Crippen LogP contribution in [-0.4, -0.2) is 268 Å². The van der Waals surface area contributed by atoms with Crippen molar-refractivity contribution in [1.29, 1.82) is 0 Å². The number of amides is 17. The summed E-state index contributed by atoms with van der Waals surface area (Å²) in [6.45, 7) is 4.43. The van der Waals surface area contributed by atoms with Gasteiger partial charge in [-0.25, -0.2) is 9.59 Å². The van der Waals surface area contributed by atoms with Gasteiger partial charge in [0.15, 0.2) is 0 Å². The largest absolute Gasteiger partial charge is 0.481 e. The van der Waals surface area contributed by atoms with Crippen LogP contribution in [-0.2, 0) is 130 Å². The first-order valence-electron chi connectivity index (χ1n) is 48.3. The first-order chi connectivity index (χ1) is 69.1. The number of likely N-dealkylation sites (tertiary alicyclic amines) is 1. The van der Waals surface area contributed by atoms with Crippen molar-refractivity contribution in [2.24, 2.45) is 16.9 Å². The second kappa shape index (κ2) is 51.4. The maximum absolute atomic E-state index is 16.1. The molecule has 5 aliphatic heterocycles. The molecule has 0 aliphatic carbocycles. The molecule has 0 radical (unpaired) electrons. The Morgan fingerprint density at radius 3 is 1.88 bits per heavy atom. The molecule has 44 nitrogen and oxygen atoms in total. The quantitative estimate of drug-likeness (QED) is 0.0383. The Balaban J connectivity index is 0.969. The highest BCUT2D eigenvalue weighted by atomic mass is 32.1. The number of hydrogen-bond acceptors (Lipinski definition) is 25. The highest BCUT2D eigenvalue weighted by molar-refractivity contribution is 7.17. The van der Waals surface area contributed by atoms with Gasteiger partial charge in [-0.3, -0.25) is 91.0 Å². The summed E-state index contributed by atoms with van der Waals surface area (Å²) in [5.74, 6) is -20.6. The van der Waals surface area contributed by atoms with E-state index in [1.807, 2.05) is 18.2 Å². The first kappa shape index (κ1) is 111. The van der Waals surface area contributed by atoms with Crippen molar-refractivity contribution >= 4 is 151 Å². The van der Waals surface area contributed by atoms with Crippen LogP contribution < -0.4 is 80.6 Å². The zero-order chi connectivity index (χ0) is 105. The molecule has 5 aliphatic rings. The third kappa shape index (κ3) is 31.6. The van der Waals surface area contributed by atoms with Gasteiger partial charge in [-0.2, -0.15) is 11.3 Å². The van der Waals surface area contributed by atoms with Crippen molar-refractivity contribution in [2.45, 2.75) is 272 Å². The summed E-state index contributed by atoms with van der Waals surface area (Å²) >= 11 is 2.61. The number of hydrogen-bond donors (Lipinski definition) is 18. The number of primary amides is 2. The molecule has 2 spiro atoms. The van der Waals surface area contributed by atoms with Gasteiger partial charge in [0.05, 0.1) is 43.8 Å². The van der Waals surface area contributed by atoms with E-state index in [-0.39, 0.29) is 165 Å². The number of carbonyl (C=O) groups is 20. The topological polar surface area (TPSA) is 657 Å². The normalized spacial score (nSPS) is 24.4. The van der Waals surface area contributed by atoms with E-state index in [9.17, 15) is 72.9 Å². The molecule has 3 aromatic heterocycles. The lowest BCUT2D eigenvalue weighted by Gasteiger charge is -2.38. The number of nitrogens with two attached hydrogens (primary N) is 2. The average molecular weight is 2040 g/mol. The number of nitrogens with one attached hydrogen (secondary N) is 13. The number of aromatic nitrogens is 3. The van der Waals surface area contributed by atoms with Crippen molar-refractivity contribution in [3.8, 4) is 0 Å². The summed E-state index contributed by atoms with van der Waals surface area (Å²) in [6.07, 6.45) is 2.48. The van der Waals surface area contributed by atoms with Crippen molar-refractivity contribution in [3.05, 3.63) is 165 Å². The number of ether oxygens (including phenoxy) is 1. The number of benzene rings is 3. The lowest BCUT2D eigenvalue weighted by Crippen LogP contribution is -2.67. The zero-order valence-electron chi connectivity index (χ0n) is 81.0. The minimum atomic E-state index is -2.25. The van der Waals surface area contributed by atoms with Crippen LogP contribution in [0.2, 0.25) is 0 Å². The Morgan fingerprint density at radius 1 is 0.579 bits per heavy atom. The van der Waals surface area contributed by atoms with Gasteiger partial charge in [0, 0.05) is 76.0 Å². The van der Waals surface area contributed by atoms with Crippen LogP contribution in [0.4, 0.5) is 4.79 Å². The Labute approximate surface area is 843 Å². The Kier molecular flexibility index (Phi) is 39.2. The Morgan fingerprint density at radius 2 is 1.21 bits per heavy atom. The molecule has 46 heteroatoms. The monoisotopic (exact) mass is 2040 g/mol. The fraction of sp³-hybridized carbons (Fsp3) is 0.495. The van der Waals surface area contributed by atoms with Crippen molar-refractivity contribution in [2.75, 3.05) is 32.8 Å².